The molecule has 15 heavy (non-hydrogen) atoms. The van der Waals surface area contributed by atoms with E-state index < -0.39 is 6.67 Å². The van der Waals surface area contributed by atoms with E-state index in [0.29, 0.717) is 11.5 Å². The summed E-state index contributed by atoms with van der Waals surface area (Å²) in [6, 6.07) is 5.29. The third-order valence-corrected chi connectivity index (χ3v) is 2.35. The van der Waals surface area contributed by atoms with Crippen LogP contribution in [0.3, 0.4) is 0 Å². The number of hydrogen-bond donors (Lipinski definition) is 1. The van der Waals surface area contributed by atoms with Crippen molar-refractivity contribution >= 4 is 0 Å². The predicted molar refractivity (Wildman–Crippen MR) is 57.3 cm³/mol. The minimum Gasteiger partial charge on any atom is -0.497 e. The van der Waals surface area contributed by atoms with Crippen molar-refractivity contribution in [3.63, 3.8) is 0 Å². The summed E-state index contributed by atoms with van der Waals surface area (Å²) in [7, 11) is 3.12. The highest BCUT2D eigenvalue weighted by Crippen LogP contribution is 2.30. The molecule has 0 radical (unpaired) electrons. The topological polar surface area (TPSA) is 44.5 Å². The van der Waals surface area contributed by atoms with E-state index in [1.165, 1.54) is 0 Å². The number of hydrogen-bond acceptors (Lipinski definition) is 3. The van der Waals surface area contributed by atoms with Crippen molar-refractivity contribution in [2.75, 3.05) is 27.4 Å². The minimum absolute atomic E-state index is 0.250. The van der Waals surface area contributed by atoms with Gasteiger partial charge in [0.1, 0.15) is 11.5 Å². The van der Waals surface area contributed by atoms with Gasteiger partial charge in [-0.2, -0.15) is 0 Å². The van der Waals surface area contributed by atoms with Gasteiger partial charge in [0.25, 0.3) is 0 Å². The number of nitrogens with two attached hydrogens (primary N) is 1. The summed E-state index contributed by atoms with van der Waals surface area (Å²) in [4.78, 5) is 0. The second-order valence-corrected chi connectivity index (χ2v) is 3.19. The van der Waals surface area contributed by atoms with Gasteiger partial charge in [0.05, 0.1) is 20.9 Å². The lowest BCUT2D eigenvalue weighted by Gasteiger charge is -2.16. The second kappa shape index (κ2) is 5.56. The molecule has 0 aliphatic heterocycles. The van der Waals surface area contributed by atoms with Gasteiger partial charge in [-0.1, -0.05) is 0 Å². The molecule has 0 spiro atoms. The Bertz CT molecular complexity index is 313. The van der Waals surface area contributed by atoms with Gasteiger partial charge < -0.3 is 15.2 Å². The first-order valence-electron chi connectivity index (χ1n) is 4.74. The van der Waals surface area contributed by atoms with Crippen LogP contribution in [0.25, 0.3) is 0 Å². The number of rotatable bonds is 5. The Kier molecular flexibility index (Phi) is 4.37. The van der Waals surface area contributed by atoms with E-state index in [0.717, 1.165) is 5.56 Å². The van der Waals surface area contributed by atoms with E-state index in [1.54, 1.807) is 32.4 Å². The molecular formula is C11H16FNO2. The fourth-order valence-electron chi connectivity index (χ4n) is 1.43. The maximum atomic E-state index is 12.7. The lowest BCUT2D eigenvalue weighted by atomic mass is 9.99. The normalized spacial score (nSPS) is 12.3. The Hall–Kier alpha value is -1.29. The molecule has 1 atom stereocenters. The lowest BCUT2D eigenvalue weighted by molar-refractivity contribution is 0.381. The van der Waals surface area contributed by atoms with Gasteiger partial charge >= 0.3 is 0 Å². The Morgan fingerprint density at radius 3 is 2.53 bits per heavy atom. The molecule has 0 amide bonds. The monoisotopic (exact) mass is 213 g/mol. The molecule has 0 aliphatic carbocycles. The SMILES string of the molecule is COc1ccc(OC)c(C(CN)CF)c1. The number of methoxy groups -OCH3 is 2. The number of alkyl halides is 1. The van der Waals surface area contributed by atoms with Crippen LogP contribution in [0.5, 0.6) is 11.5 Å². The fraction of sp³-hybridized carbons (Fsp3) is 0.455. The average Bonchev–Trinajstić information content (AvgIpc) is 2.30. The molecule has 0 bridgehead atoms. The molecule has 0 fully saturated rings. The van der Waals surface area contributed by atoms with E-state index in [1.807, 2.05) is 0 Å². The first kappa shape index (κ1) is 11.8. The quantitative estimate of drug-likeness (QED) is 0.809. The van der Waals surface area contributed by atoms with Gasteiger partial charge in [0.2, 0.25) is 0 Å². The van der Waals surface area contributed by atoms with Gasteiger partial charge in [-0.15, -0.1) is 0 Å². The Morgan fingerprint density at radius 1 is 1.33 bits per heavy atom. The minimum atomic E-state index is -0.500. The van der Waals surface area contributed by atoms with Crippen LogP contribution in [0.1, 0.15) is 11.5 Å². The first-order chi connectivity index (χ1) is 7.26. The van der Waals surface area contributed by atoms with Gasteiger partial charge in [0, 0.05) is 18.0 Å². The summed E-state index contributed by atoms with van der Waals surface area (Å²) in [5.41, 5.74) is 6.25. The molecule has 0 heterocycles. The van der Waals surface area contributed by atoms with Crippen molar-refractivity contribution in [3.8, 4) is 11.5 Å². The van der Waals surface area contributed by atoms with Gasteiger partial charge in [0.15, 0.2) is 0 Å². The Morgan fingerprint density at radius 2 is 2.07 bits per heavy atom. The van der Waals surface area contributed by atoms with Gasteiger partial charge in [-0.05, 0) is 18.2 Å². The zero-order valence-corrected chi connectivity index (χ0v) is 9.00. The molecule has 1 unspecified atom stereocenters. The summed E-state index contributed by atoms with van der Waals surface area (Å²) >= 11 is 0. The highest BCUT2D eigenvalue weighted by atomic mass is 19.1. The Balaban J connectivity index is 3.09. The van der Waals surface area contributed by atoms with Gasteiger partial charge in [-0.3, -0.25) is 4.39 Å². The summed E-state index contributed by atoms with van der Waals surface area (Å²) in [5, 5.41) is 0. The number of ether oxygens (including phenoxy) is 2. The van der Waals surface area contributed by atoms with E-state index in [-0.39, 0.29) is 12.5 Å². The summed E-state index contributed by atoms with van der Waals surface area (Å²) < 4.78 is 22.9. The molecule has 1 rings (SSSR count). The zero-order chi connectivity index (χ0) is 11.3. The largest absolute Gasteiger partial charge is 0.497 e. The highest BCUT2D eigenvalue weighted by Gasteiger charge is 2.15. The zero-order valence-electron chi connectivity index (χ0n) is 9.00. The van der Waals surface area contributed by atoms with Crippen LogP contribution in [-0.2, 0) is 0 Å². The molecule has 0 saturated carbocycles. The Labute approximate surface area is 89.0 Å². The molecule has 2 N–H and O–H groups in total. The van der Waals surface area contributed by atoms with Crippen molar-refractivity contribution in [2.45, 2.75) is 5.92 Å². The highest BCUT2D eigenvalue weighted by molar-refractivity contribution is 5.42. The number of halogens is 1. The maximum Gasteiger partial charge on any atom is 0.122 e. The summed E-state index contributed by atoms with van der Waals surface area (Å²) in [6.07, 6.45) is 0. The first-order valence-corrected chi connectivity index (χ1v) is 4.74. The molecular weight excluding hydrogens is 197 g/mol. The van der Waals surface area contributed by atoms with Crippen LogP contribution in [0.15, 0.2) is 18.2 Å². The fourth-order valence-corrected chi connectivity index (χ4v) is 1.43. The predicted octanol–water partition coefficient (Wildman–Crippen LogP) is 1.72. The van der Waals surface area contributed by atoms with Crippen LogP contribution in [0.2, 0.25) is 0 Å². The van der Waals surface area contributed by atoms with Crippen LogP contribution in [-0.4, -0.2) is 27.4 Å². The summed E-state index contributed by atoms with van der Waals surface area (Å²) in [5.74, 6) is 0.983. The van der Waals surface area contributed by atoms with Crippen LogP contribution in [0.4, 0.5) is 4.39 Å². The van der Waals surface area contributed by atoms with Crippen molar-refractivity contribution in [3.05, 3.63) is 23.8 Å². The smallest absolute Gasteiger partial charge is 0.122 e. The molecule has 0 aliphatic rings. The molecule has 0 saturated heterocycles. The van der Waals surface area contributed by atoms with Crippen molar-refractivity contribution in [2.24, 2.45) is 5.73 Å². The maximum absolute atomic E-state index is 12.7. The standard InChI is InChI=1S/C11H16FNO2/c1-14-9-3-4-11(15-2)10(5-9)8(6-12)7-13/h3-5,8H,6-7,13H2,1-2H3. The number of benzene rings is 1. The van der Waals surface area contributed by atoms with Crippen molar-refractivity contribution in [1.82, 2.24) is 0 Å². The van der Waals surface area contributed by atoms with Crippen molar-refractivity contribution in [1.29, 1.82) is 0 Å². The molecule has 3 nitrogen and oxygen atoms in total. The van der Waals surface area contributed by atoms with E-state index in [2.05, 4.69) is 0 Å². The second-order valence-electron chi connectivity index (χ2n) is 3.19. The lowest BCUT2D eigenvalue weighted by Crippen LogP contribution is -2.15. The average molecular weight is 213 g/mol. The molecule has 84 valence electrons. The third-order valence-electron chi connectivity index (χ3n) is 2.35. The van der Waals surface area contributed by atoms with E-state index in [9.17, 15) is 4.39 Å². The van der Waals surface area contributed by atoms with Crippen molar-refractivity contribution < 1.29 is 13.9 Å². The van der Waals surface area contributed by atoms with E-state index in [4.69, 9.17) is 15.2 Å². The van der Waals surface area contributed by atoms with Crippen LogP contribution >= 0.6 is 0 Å². The van der Waals surface area contributed by atoms with Crippen LogP contribution in [0, 0.1) is 0 Å². The molecule has 0 aromatic heterocycles. The molecule has 1 aromatic rings. The molecule has 4 heteroatoms. The van der Waals surface area contributed by atoms with Gasteiger partial charge in [-0.25, -0.2) is 0 Å². The van der Waals surface area contributed by atoms with Crippen LogP contribution < -0.4 is 15.2 Å². The molecule has 1 aromatic carbocycles. The summed E-state index contributed by atoms with van der Waals surface area (Å²) in [6.45, 7) is -0.250. The van der Waals surface area contributed by atoms with E-state index >= 15 is 0 Å². The third kappa shape index (κ3) is 2.59.